The first-order chi connectivity index (χ1) is 8.52. The lowest BCUT2D eigenvalue weighted by molar-refractivity contribution is -0.128. The van der Waals surface area contributed by atoms with Gasteiger partial charge in [-0.2, -0.15) is 0 Å². The summed E-state index contributed by atoms with van der Waals surface area (Å²) in [6.45, 7) is 7.27. The largest absolute Gasteiger partial charge is 0.388 e. The highest BCUT2D eigenvalue weighted by Crippen LogP contribution is 2.25. The number of hydrogen-bond acceptors (Lipinski definition) is 3. The minimum absolute atomic E-state index is 0.0576. The topological polar surface area (TPSA) is 61.4 Å². The number of carbonyl (C=O) groups excluding carboxylic acids is 1. The van der Waals surface area contributed by atoms with Crippen LogP contribution in [0.4, 0.5) is 0 Å². The number of carbonyl (C=O) groups is 1. The molecule has 0 saturated carbocycles. The Morgan fingerprint density at radius 2 is 2.06 bits per heavy atom. The molecule has 1 fully saturated rings. The molecule has 1 heterocycles. The van der Waals surface area contributed by atoms with E-state index in [1.807, 2.05) is 13.8 Å². The lowest BCUT2D eigenvalue weighted by Gasteiger charge is -2.31. The molecule has 0 spiro atoms. The fraction of sp³-hybridized carbons (Fsp3) is 0.929. The van der Waals surface area contributed by atoms with Crippen LogP contribution in [0.25, 0.3) is 0 Å². The van der Waals surface area contributed by atoms with Gasteiger partial charge in [-0.1, -0.05) is 27.2 Å². The van der Waals surface area contributed by atoms with Crippen LogP contribution in [0.15, 0.2) is 0 Å². The van der Waals surface area contributed by atoms with Gasteiger partial charge in [-0.15, -0.1) is 0 Å². The normalized spacial score (nSPS) is 24.2. The Morgan fingerprint density at radius 3 is 2.50 bits per heavy atom. The monoisotopic (exact) mass is 256 g/mol. The van der Waals surface area contributed by atoms with Crippen molar-refractivity contribution in [1.29, 1.82) is 0 Å². The summed E-state index contributed by atoms with van der Waals surface area (Å²) in [4.78, 5) is 12.4. The highest BCUT2D eigenvalue weighted by Gasteiger charge is 2.40. The van der Waals surface area contributed by atoms with E-state index >= 15 is 0 Å². The molecule has 106 valence electrons. The minimum Gasteiger partial charge on any atom is -0.388 e. The van der Waals surface area contributed by atoms with Gasteiger partial charge in [0.1, 0.15) is 0 Å². The lowest BCUT2D eigenvalue weighted by Crippen LogP contribution is -2.56. The standard InChI is InChI=1S/C14H28N2O2/c1-4-8-14(9-7-10-16-14)12(17)15-11-13(18,5-2)6-3/h16,18H,4-11H2,1-3H3,(H,15,17). The zero-order valence-corrected chi connectivity index (χ0v) is 12.0. The fourth-order valence-electron chi connectivity index (χ4n) is 2.67. The average molecular weight is 256 g/mol. The zero-order valence-electron chi connectivity index (χ0n) is 12.0. The minimum atomic E-state index is -0.762. The summed E-state index contributed by atoms with van der Waals surface area (Å²) in [7, 11) is 0. The predicted octanol–water partition coefficient (Wildman–Crippen LogP) is 1.58. The van der Waals surface area contributed by atoms with E-state index in [0.717, 1.165) is 32.2 Å². The van der Waals surface area contributed by atoms with Crippen LogP contribution in [0, 0.1) is 0 Å². The average Bonchev–Trinajstić information content (AvgIpc) is 2.86. The maximum Gasteiger partial charge on any atom is 0.240 e. The van der Waals surface area contributed by atoms with Crippen molar-refractivity contribution in [2.24, 2.45) is 0 Å². The number of nitrogens with one attached hydrogen (secondary N) is 2. The van der Waals surface area contributed by atoms with Crippen molar-refractivity contribution >= 4 is 5.91 Å². The van der Waals surface area contributed by atoms with Crippen LogP contribution < -0.4 is 10.6 Å². The predicted molar refractivity (Wildman–Crippen MR) is 73.4 cm³/mol. The Bertz CT molecular complexity index is 269. The van der Waals surface area contributed by atoms with Gasteiger partial charge in [0.05, 0.1) is 11.1 Å². The smallest absolute Gasteiger partial charge is 0.240 e. The molecule has 0 aromatic carbocycles. The third kappa shape index (κ3) is 3.45. The van der Waals surface area contributed by atoms with E-state index in [0.29, 0.717) is 19.4 Å². The molecule has 1 atom stereocenters. The first kappa shape index (κ1) is 15.4. The highest BCUT2D eigenvalue weighted by atomic mass is 16.3. The molecular formula is C14H28N2O2. The van der Waals surface area contributed by atoms with E-state index in [4.69, 9.17) is 0 Å². The molecule has 4 nitrogen and oxygen atoms in total. The highest BCUT2D eigenvalue weighted by molar-refractivity contribution is 5.86. The van der Waals surface area contributed by atoms with Crippen molar-refractivity contribution in [1.82, 2.24) is 10.6 Å². The molecule has 1 rings (SSSR count). The van der Waals surface area contributed by atoms with Gasteiger partial charge in [-0.3, -0.25) is 4.79 Å². The van der Waals surface area contributed by atoms with E-state index in [-0.39, 0.29) is 5.91 Å². The maximum atomic E-state index is 12.4. The van der Waals surface area contributed by atoms with Gasteiger partial charge in [0.15, 0.2) is 0 Å². The summed E-state index contributed by atoms with van der Waals surface area (Å²) in [5.41, 5.74) is -1.15. The van der Waals surface area contributed by atoms with Crippen LogP contribution in [-0.2, 0) is 4.79 Å². The Kier molecular flexibility index (Phi) is 5.60. The van der Waals surface area contributed by atoms with Crippen LogP contribution in [-0.4, -0.2) is 35.2 Å². The molecule has 1 amide bonds. The van der Waals surface area contributed by atoms with Gasteiger partial charge in [0.25, 0.3) is 0 Å². The Hall–Kier alpha value is -0.610. The van der Waals surface area contributed by atoms with Gasteiger partial charge in [0, 0.05) is 6.54 Å². The first-order valence-electron chi connectivity index (χ1n) is 7.27. The van der Waals surface area contributed by atoms with Crippen molar-refractivity contribution in [2.75, 3.05) is 13.1 Å². The second kappa shape index (κ2) is 6.53. The number of rotatable bonds is 7. The SMILES string of the molecule is CCCC1(C(=O)NCC(O)(CC)CC)CCCN1. The number of hydrogen-bond donors (Lipinski definition) is 3. The van der Waals surface area contributed by atoms with Gasteiger partial charge in [-0.05, 0) is 38.6 Å². The Morgan fingerprint density at radius 1 is 1.39 bits per heavy atom. The zero-order chi connectivity index (χ0) is 13.6. The second-order valence-corrected chi connectivity index (χ2v) is 5.48. The first-order valence-corrected chi connectivity index (χ1v) is 7.27. The molecule has 1 saturated heterocycles. The molecule has 0 aromatic heterocycles. The van der Waals surface area contributed by atoms with Crippen molar-refractivity contribution in [3.8, 4) is 0 Å². The summed E-state index contributed by atoms with van der Waals surface area (Å²) >= 11 is 0. The van der Waals surface area contributed by atoms with Crippen molar-refractivity contribution in [3.63, 3.8) is 0 Å². The summed E-state index contributed by atoms with van der Waals surface area (Å²) in [6, 6.07) is 0. The van der Waals surface area contributed by atoms with Crippen molar-refractivity contribution < 1.29 is 9.90 Å². The van der Waals surface area contributed by atoms with Gasteiger partial charge >= 0.3 is 0 Å². The Balaban J connectivity index is 2.57. The molecule has 0 bridgehead atoms. The molecule has 4 heteroatoms. The van der Waals surface area contributed by atoms with E-state index in [1.165, 1.54) is 0 Å². The van der Waals surface area contributed by atoms with Gasteiger partial charge in [0.2, 0.25) is 5.91 Å². The van der Waals surface area contributed by atoms with Crippen molar-refractivity contribution in [3.05, 3.63) is 0 Å². The molecule has 0 radical (unpaired) electrons. The lowest BCUT2D eigenvalue weighted by atomic mass is 9.90. The summed E-state index contributed by atoms with van der Waals surface area (Å²) in [5.74, 6) is 0.0576. The van der Waals surface area contributed by atoms with E-state index in [1.54, 1.807) is 0 Å². The third-order valence-corrected chi connectivity index (χ3v) is 4.25. The molecule has 1 unspecified atom stereocenters. The molecule has 0 aromatic rings. The third-order valence-electron chi connectivity index (χ3n) is 4.25. The van der Waals surface area contributed by atoms with Crippen LogP contribution in [0.3, 0.4) is 0 Å². The molecule has 0 aliphatic carbocycles. The molecule has 3 N–H and O–H groups in total. The molecular weight excluding hydrogens is 228 g/mol. The van der Waals surface area contributed by atoms with E-state index < -0.39 is 11.1 Å². The van der Waals surface area contributed by atoms with Crippen LogP contribution in [0.1, 0.15) is 59.3 Å². The molecule has 18 heavy (non-hydrogen) atoms. The van der Waals surface area contributed by atoms with E-state index in [2.05, 4.69) is 17.6 Å². The van der Waals surface area contributed by atoms with Crippen LogP contribution in [0.5, 0.6) is 0 Å². The van der Waals surface area contributed by atoms with Crippen LogP contribution >= 0.6 is 0 Å². The second-order valence-electron chi connectivity index (χ2n) is 5.48. The maximum absolute atomic E-state index is 12.4. The quantitative estimate of drug-likeness (QED) is 0.648. The van der Waals surface area contributed by atoms with Gasteiger partial charge < -0.3 is 15.7 Å². The Labute approximate surface area is 111 Å². The fourth-order valence-corrected chi connectivity index (χ4v) is 2.67. The number of aliphatic hydroxyl groups is 1. The number of amides is 1. The summed E-state index contributed by atoms with van der Waals surface area (Å²) in [5, 5.41) is 16.5. The van der Waals surface area contributed by atoms with Gasteiger partial charge in [-0.25, -0.2) is 0 Å². The molecule has 1 aliphatic heterocycles. The van der Waals surface area contributed by atoms with E-state index in [9.17, 15) is 9.90 Å². The van der Waals surface area contributed by atoms with Crippen LogP contribution in [0.2, 0.25) is 0 Å². The van der Waals surface area contributed by atoms with Crippen molar-refractivity contribution in [2.45, 2.75) is 70.4 Å². The molecule has 1 aliphatic rings. The summed E-state index contributed by atoms with van der Waals surface area (Å²) < 4.78 is 0. The summed E-state index contributed by atoms with van der Waals surface area (Å²) in [6.07, 6.45) is 5.15.